The molecular formula is C23H17N5OS. The van der Waals surface area contributed by atoms with Gasteiger partial charge in [-0.05, 0) is 30.3 Å². The Labute approximate surface area is 177 Å². The maximum absolute atomic E-state index is 5.40. The van der Waals surface area contributed by atoms with Crippen LogP contribution >= 0.6 is 11.3 Å². The Morgan fingerprint density at radius 1 is 0.900 bits per heavy atom. The number of hydrogen-bond donors (Lipinski definition) is 1. The topological polar surface area (TPSA) is 72.8 Å². The summed E-state index contributed by atoms with van der Waals surface area (Å²) in [4.78, 5) is 18.4. The number of methoxy groups -OCH3 is 1. The number of hydrogen-bond acceptors (Lipinski definition) is 7. The van der Waals surface area contributed by atoms with Crippen LogP contribution in [0.4, 0.5) is 10.9 Å². The highest BCUT2D eigenvalue weighted by atomic mass is 32.1. The number of benzene rings is 2. The molecule has 0 aliphatic carbocycles. The van der Waals surface area contributed by atoms with Crippen LogP contribution in [-0.4, -0.2) is 27.0 Å². The van der Waals surface area contributed by atoms with Gasteiger partial charge in [0.15, 0.2) is 11.0 Å². The molecule has 0 aliphatic rings. The first-order valence-electron chi connectivity index (χ1n) is 9.34. The van der Waals surface area contributed by atoms with Gasteiger partial charge in [0.1, 0.15) is 11.6 Å². The van der Waals surface area contributed by atoms with Gasteiger partial charge in [-0.3, -0.25) is 4.98 Å². The summed E-state index contributed by atoms with van der Waals surface area (Å²) in [5.74, 6) is 2.02. The molecule has 146 valence electrons. The first-order valence-corrected chi connectivity index (χ1v) is 10.2. The maximum Gasteiger partial charge on any atom is 0.188 e. The molecule has 0 unspecified atom stereocenters. The van der Waals surface area contributed by atoms with Gasteiger partial charge in [-0.25, -0.2) is 15.0 Å². The highest BCUT2D eigenvalue weighted by Gasteiger charge is 2.13. The molecule has 2 aromatic carbocycles. The minimum absolute atomic E-state index is 0.600. The summed E-state index contributed by atoms with van der Waals surface area (Å²) in [5, 5.41) is 7.03. The van der Waals surface area contributed by atoms with E-state index in [9.17, 15) is 0 Å². The highest BCUT2D eigenvalue weighted by Crippen LogP contribution is 2.32. The van der Waals surface area contributed by atoms with Gasteiger partial charge >= 0.3 is 0 Å². The van der Waals surface area contributed by atoms with E-state index < -0.39 is 0 Å². The standard InChI is InChI=1S/C23H17N5OS/c1-29-17-9-10-19-18(12-17)22(27-21(25-19)16-8-5-11-24-13-16)28-23-26-20(14-30-23)15-6-3-2-4-7-15/h2-14H,1H3,(H,25,26,27,28). The molecule has 7 heteroatoms. The Balaban J connectivity index is 1.59. The third kappa shape index (κ3) is 3.58. The summed E-state index contributed by atoms with van der Waals surface area (Å²) in [5.41, 5.74) is 3.66. The first kappa shape index (κ1) is 18.2. The van der Waals surface area contributed by atoms with Crippen LogP contribution in [0.3, 0.4) is 0 Å². The minimum atomic E-state index is 0.600. The summed E-state index contributed by atoms with van der Waals surface area (Å²) in [6, 6.07) is 19.7. The fourth-order valence-electron chi connectivity index (χ4n) is 3.13. The van der Waals surface area contributed by atoms with Gasteiger partial charge < -0.3 is 10.1 Å². The number of nitrogens with one attached hydrogen (secondary N) is 1. The van der Waals surface area contributed by atoms with Crippen molar-refractivity contribution in [1.82, 2.24) is 19.9 Å². The molecule has 0 saturated carbocycles. The second-order valence-electron chi connectivity index (χ2n) is 6.55. The molecule has 0 saturated heterocycles. The van der Waals surface area contributed by atoms with Crippen molar-refractivity contribution >= 4 is 33.2 Å². The Morgan fingerprint density at radius 2 is 1.77 bits per heavy atom. The van der Waals surface area contributed by atoms with Gasteiger partial charge in [0.05, 0.1) is 18.3 Å². The monoisotopic (exact) mass is 411 g/mol. The van der Waals surface area contributed by atoms with Crippen LogP contribution in [0.1, 0.15) is 0 Å². The zero-order valence-corrected chi connectivity index (χ0v) is 16.9. The van der Waals surface area contributed by atoms with E-state index in [0.29, 0.717) is 11.6 Å². The van der Waals surface area contributed by atoms with Gasteiger partial charge in [-0.2, -0.15) is 0 Å². The molecular weight excluding hydrogens is 394 g/mol. The molecule has 6 nitrogen and oxygen atoms in total. The predicted molar refractivity (Wildman–Crippen MR) is 120 cm³/mol. The van der Waals surface area contributed by atoms with Crippen molar-refractivity contribution in [2.75, 3.05) is 12.4 Å². The van der Waals surface area contributed by atoms with Crippen molar-refractivity contribution in [2.45, 2.75) is 0 Å². The molecule has 5 aromatic rings. The zero-order chi connectivity index (χ0) is 20.3. The molecule has 0 amide bonds. The highest BCUT2D eigenvalue weighted by molar-refractivity contribution is 7.14. The zero-order valence-electron chi connectivity index (χ0n) is 16.1. The Bertz CT molecular complexity index is 1310. The van der Waals surface area contributed by atoms with Crippen molar-refractivity contribution < 1.29 is 4.74 Å². The molecule has 0 atom stereocenters. The van der Waals surface area contributed by atoms with E-state index in [0.717, 1.165) is 38.6 Å². The second kappa shape index (κ2) is 7.88. The fourth-order valence-corrected chi connectivity index (χ4v) is 3.85. The SMILES string of the molecule is COc1ccc2nc(-c3cccnc3)nc(Nc3nc(-c4ccccc4)cs3)c2c1. The van der Waals surface area contributed by atoms with Crippen molar-refractivity contribution in [1.29, 1.82) is 0 Å². The molecule has 3 aromatic heterocycles. The van der Waals surface area contributed by atoms with Gasteiger partial charge in [0.25, 0.3) is 0 Å². The lowest BCUT2D eigenvalue weighted by atomic mass is 10.2. The summed E-state index contributed by atoms with van der Waals surface area (Å²) < 4.78 is 5.40. The summed E-state index contributed by atoms with van der Waals surface area (Å²) in [7, 11) is 1.64. The summed E-state index contributed by atoms with van der Waals surface area (Å²) in [6.45, 7) is 0. The van der Waals surface area contributed by atoms with E-state index >= 15 is 0 Å². The van der Waals surface area contributed by atoms with E-state index in [1.165, 1.54) is 11.3 Å². The fraction of sp³-hybridized carbons (Fsp3) is 0.0435. The predicted octanol–water partition coefficient (Wildman–Crippen LogP) is 5.57. The van der Waals surface area contributed by atoms with Crippen LogP contribution in [0.25, 0.3) is 33.5 Å². The average Bonchev–Trinajstić information content (AvgIpc) is 3.28. The van der Waals surface area contributed by atoms with Crippen LogP contribution in [0.15, 0.2) is 78.4 Å². The minimum Gasteiger partial charge on any atom is -0.497 e. The van der Waals surface area contributed by atoms with E-state index in [1.54, 1.807) is 19.5 Å². The van der Waals surface area contributed by atoms with Crippen molar-refractivity contribution in [2.24, 2.45) is 0 Å². The number of pyridine rings is 1. The van der Waals surface area contributed by atoms with Crippen LogP contribution in [0, 0.1) is 0 Å². The third-order valence-corrected chi connectivity index (χ3v) is 5.38. The summed E-state index contributed by atoms with van der Waals surface area (Å²) >= 11 is 1.53. The normalized spacial score (nSPS) is 10.8. The largest absolute Gasteiger partial charge is 0.497 e. The van der Waals surface area contributed by atoms with E-state index in [1.807, 2.05) is 66.0 Å². The third-order valence-electron chi connectivity index (χ3n) is 4.62. The van der Waals surface area contributed by atoms with Crippen LogP contribution in [0.5, 0.6) is 5.75 Å². The Hall–Kier alpha value is -3.84. The lowest BCUT2D eigenvalue weighted by Crippen LogP contribution is -2.00. The van der Waals surface area contributed by atoms with Crippen LogP contribution < -0.4 is 10.1 Å². The number of aromatic nitrogens is 4. The second-order valence-corrected chi connectivity index (χ2v) is 7.41. The van der Waals surface area contributed by atoms with E-state index in [-0.39, 0.29) is 0 Å². The van der Waals surface area contributed by atoms with Gasteiger partial charge in [-0.1, -0.05) is 30.3 Å². The van der Waals surface area contributed by atoms with Crippen molar-refractivity contribution in [3.8, 4) is 28.4 Å². The van der Waals surface area contributed by atoms with Crippen molar-refractivity contribution in [3.05, 3.63) is 78.4 Å². The quantitative estimate of drug-likeness (QED) is 0.408. The smallest absolute Gasteiger partial charge is 0.188 e. The molecule has 0 fully saturated rings. The van der Waals surface area contributed by atoms with E-state index in [4.69, 9.17) is 19.7 Å². The number of rotatable bonds is 5. The molecule has 0 spiro atoms. The molecule has 30 heavy (non-hydrogen) atoms. The lowest BCUT2D eigenvalue weighted by Gasteiger charge is -2.10. The maximum atomic E-state index is 5.40. The average molecular weight is 411 g/mol. The molecule has 0 radical (unpaired) electrons. The van der Waals surface area contributed by atoms with Gasteiger partial charge in [0.2, 0.25) is 0 Å². The van der Waals surface area contributed by atoms with Crippen molar-refractivity contribution in [3.63, 3.8) is 0 Å². The Morgan fingerprint density at radius 3 is 2.57 bits per heavy atom. The number of fused-ring (bicyclic) bond motifs is 1. The van der Waals surface area contributed by atoms with Crippen LogP contribution in [0.2, 0.25) is 0 Å². The van der Waals surface area contributed by atoms with E-state index in [2.05, 4.69) is 10.3 Å². The summed E-state index contributed by atoms with van der Waals surface area (Å²) in [6.07, 6.45) is 3.49. The number of nitrogens with zero attached hydrogens (tertiary/aromatic N) is 4. The molecule has 5 rings (SSSR count). The molecule has 1 N–H and O–H groups in total. The number of ether oxygens (including phenoxy) is 1. The van der Waals surface area contributed by atoms with Crippen LogP contribution in [-0.2, 0) is 0 Å². The molecule has 0 aliphatic heterocycles. The Kier molecular flexibility index (Phi) is 4.78. The number of anilines is 2. The van der Waals surface area contributed by atoms with Gasteiger partial charge in [-0.15, -0.1) is 11.3 Å². The molecule has 0 bridgehead atoms. The number of thiazole rings is 1. The van der Waals surface area contributed by atoms with Gasteiger partial charge in [0, 0.05) is 34.3 Å². The first-order chi connectivity index (χ1) is 14.8. The lowest BCUT2D eigenvalue weighted by molar-refractivity contribution is 0.415. The molecule has 3 heterocycles.